The molecule has 0 radical (unpaired) electrons. The van der Waals surface area contributed by atoms with E-state index in [1.54, 1.807) is 12.1 Å². The van der Waals surface area contributed by atoms with E-state index in [1.165, 1.54) is 5.56 Å². The highest BCUT2D eigenvalue weighted by molar-refractivity contribution is 5.27. The maximum Gasteiger partial charge on any atom is 0.123 e. The minimum absolute atomic E-state index is 0.141. The molecule has 1 saturated heterocycles. The van der Waals surface area contributed by atoms with Crippen LogP contribution in [0.1, 0.15) is 31.7 Å². The van der Waals surface area contributed by atoms with E-state index in [0.717, 1.165) is 32.5 Å². The Hall–Kier alpha value is -0.890. The summed E-state index contributed by atoms with van der Waals surface area (Å²) < 4.78 is 18.4. The fourth-order valence-corrected chi connectivity index (χ4v) is 2.46. The highest BCUT2D eigenvalue weighted by atomic mass is 19.1. The van der Waals surface area contributed by atoms with Gasteiger partial charge in [0.15, 0.2) is 0 Å². The molecule has 1 atom stereocenters. The van der Waals surface area contributed by atoms with Gasteiger partial charge in [-0.1, -0.05) is 25.5 Å². The topological polar surface area (TPSA) is 9.23 Å². The quantitative estimate of drug-likeness (QED) is 0.740. The van der Waals surface area contributed by atoms with Crippen LogP contribution >= 0.6 is 0 Å². The van der Waals surface area contributed by atoms with Gasteiger partial charge in [0.25, 0.3) is 0 Å². The van der Waals surface area contributed by atoms with Crippen molar-refractivity contribution < 1.29 is 9.13 Å². The van der Waals surface area contributed by atoms with Gasteiger partial charge in [-0.05, 0) is 30.5 Å². The molecule has 1 aliphatic heterocycles. The van der Waals surface area contributed by atoms with Crippen LogP contribution in [0.25, 0.3) is 0 Å². The van der Waals surface area contributed by atoms with Gasteiger partial charge in [-0.25, -0.2) is 4.39 Å². The van der Waals surface area contributed by atoms with Crippen LogP contribution in [0.5, 0.6) is 0 Å². The third kappa shape index (κ3) is 2.05. The number of benzene rings is 1. The summed E-state index contributed by atoms with van der Waals surface area (Å²) in [5, 5.41) is 0. The molecule has 1 aromatic rings. The molecule has 0 N–H and O–H groups in total. The SMILES string of the molecule is CCCC1(c2ccc(F)cc2)CCOC1. The Morgan fingerprint density at radius 3 is 2.60 bits per heavy atom. The van der Waals surface area contributed by atoms with E-state index in [1.807, 2.05) is 12.1 Å². The summed E-state index contributed by atoms with van der Waals surface area (Å²) in [6, 6.07) is 6.90. The molecule has 0 spiro atoms. The van der Waals surface area contributed by atoms with Gasteiger partial charge in [-0.2, -0.15) is 0 Å². The Morgan fingerprint density at radius 1 is 1.33 bits per heavy atom. The van der Waals surface area contributed by atoms with Crippen LogP contribution in [-0.2, 0) is 10.2 Å². The van der Waals surface area contributed by atoms with Crippen molar-refractivity contribution in [3.8, 4) is 0 Å². The van der Waals surface area contributed by atoms with Crippen molar-refractivity contribution in [2.45, 2.75) is 31.6 Å². The number of ether oxygens (including phenoxy) is 1. The predicted molar refractivity (Wildman–Crippen MR) is 58.4 cm³/mol. The molecule has 0 bridgehead atoms. The van der Waals surface area contributed by atoms with Crippen molar-refractivity contribution in [3.63, 3.8) is 0 Å². The Labute approximate surface area is 90.3 Å². The summed E-state index contributed by atoms with van der Waals surface area (Å²) in [5.41, 5.74) is 1.37. The fourth-order valence-electron chi connectivity index (χ4n) is 2.46. The Kier molecular flexibility index (Phi) is 3.06. The second kappa shape index (κ2) is 4.31. The van der Waals surface area contributed by atoms with Crippen molar-refractivity contribution in [2.24, 2.45) is 0 Å². The lowest BCUT2D eigenvalue weighted by atomic mass is 9.76. The van der Waals surface area contributed by atoms with E-state index in [-0.39, 0.29) is 11.2 Å². The first kappa shape index (κ1) is 10.6. The maximum atomic E-state index is 12.9. The molecule has 1 heterocycles. The number of rotatable bonds is 3. The average molecular weight is 208 g/mol. The van der Waals surface area contributed by atoms with Crippen LogP contribution < -0.4 is 0 Å². The highest BCUT2D eigenvalue weighted by Crippen LogP contribution is 2.37. The van der Waals surface area contributed by atoms with Crippen LogP contribution in [0.15, 0.2) is 24.3 Å². The van der Waals surface area contributed by atoms with Gasteiger partial charge in [-0.3, -0.25) is 0 Å². The lowest BCUT2D eigenvalue weighted by Gasteiger charge is -2.27. The zero-order valence-corrected chi connectivity index (χ0v) is 9.13. The lowest BCUT2D eigenvalue weighted by molar-refractivity contribution is 0.174. The summed E-state index contributed by atoms with van der Waals surface area (Å²) >= 11 is 0. The molecule has 15 heavy (non-hydrogen) atoms. The van der Waals surface area contributed by atoms with E-state index >= 15 is 0 Å². The van der Waals surface area contributed by atoms with E-state index in [2.05, 4.69) is 6.92 Å². The first-order valence-corrected chi connectivity index (χ1v) is 5.61. The molecule has 0 amide bonds. The summed E-state index contributed by atoms with van der Waals surface area (Å²) in [6.07, 6.45) is 3.33. The van der Waals surface area contributed by atoms with Crippen molar-refractivity contribution >= 4 is 0 Å². The molecule has 1 unspecified atom stereocenters. The van der Waals surface area contributed by atoms with Gasteiger partial charge in [0.05, 0.1) is 6.61 Å². The van der Waals surface area contributed by atoms with E-state index in [0.29, 0.717) is 0 Å². The molecule has 1 aliphatic rings. The predicted octanol–water partition coefficient (Wildman–Crippen LogP) is 3.28. The Bertz CT molecular complexity index is 312. The van der Waals surface area contributed by atoms with Crippen LogP contribution in [0.2, 0.25) is 0 Å². The average Bonchev–Trinajstić information content (AvgIpc) is 2.69. The van der Waals surface area contributed by atoms with Gasteiger partial charge in [0.2, 0.25) is 0 Å². The molecule has 0 aliphatic carbocycles. The maximum absolute atomic E-state index is 12.9. The monoisotopic (exact) mass is 208 g/mol. The second-order valence-electron chi connectivity index (χ2n) is 4.34. The fraction of sp³-hybridized carbons (Fsp3) is 0.538. The first-order valence-electron chi connectivity index (χ1n) is 5.61. The van der Waals surface area contributed by atoms with Crippen molar-refractivity contribution in [2.75, 3.05) is 13.2 Å². The molecular weight excluding hydrogens is 191 g/mol. The molecular formula is C13H17FO. The van der Waals surface area contributed by atoms with Gasteiger partial charge >= 0.3 is 0 Å². The molecule has 1 aromatic carbocycles. The van der Waals surface area contributed by atoms with E-state index in [4.69, 9.17) is 4.74 Å². The lowest BCUT2D eigenvalue weighted by Crippen LogP contribution is -2.26. The minimum Gasteiger partial charge on any atom is -0.380 e. The molecule has 82 valence electrons. The third-order valence-electron chi connectivity index (χ3n) is 3.29. The summed E-state index contributed by atoms with van der Waals surface area (Å²) in [4.78, 5) is 0. The van der Waals surface area contributed by atoms with Gasteiger partial charge in [0.1, 0.15) is 5.82 Å². The van der Waals surface area contributed by atoms with Crippen molar-refractivity contribution in [3.05, 3.63) is 35.6 Å². The number of halogens is 1. The molecule has 0 saturated carbocycles. The Balaban J connectivity index is 2.28. The van der Waals surface area contributed by atoms with Crippen LogP contribution in [0, 0.1) is 5.82 Å². The van der Waals surface area contributed by atoms with E-state index < -0.39 is 0 Å². The van der Waals surface area contributed by atoms with Crippen molar-refractivity contribution in [1.82, 2.24) is 0 Å². The van der Waals surface area contributed by atoms with Crippen LogP contribution in [-0.4, -0.2) is 13.2 Å². The van der Waals surface area contributed by atoms with Crippen LogP contribution in [0.4, 0.5) is 4.39 Å². The molecule has 2 heteroatoms. The summed E-state index contributed by atoms with van der Waals surface area (Å²) in [7, 11) is 0. The van der Waals surface area contributed by atoms with E-state index in [9.17, 15) is 4.39 Å². The number of hydrogen-bond donors (Lipinski definition) is 0. The van der Waals surface area contributed by atoms with Crippen molar-refractivity contribution in [1.29, 1.82) is 0 Å². The first-order chi connectivity index (χ1) is 7.27. The third-order valence-corrected chi connectivity index (χ3v) is 3.29. The largest absolute Gasteiger partial charge is 0.380 e. The standard InChI is InChI=1S/C13H17FO/c1-2-7-13(8-9-15-10-13)11-3-5-12(14)6-4-11/h3-6H,2,7-10H2,1H3. The zero-order valence-electron chi connectivity index (χ0n) is 9.13. The van der Waals surface area contributed by atoms with Gasteiger partial charge < -0.3 is 4.74 Å². The Morgan fingerprint density at radius 2 is 2.07 bits per heavy atom. The normalized spacial score (nSPS) is 25.7. The molecule has 2 rings (SSSR count). The second-order valence-corrected chi connectivity index (χ2v) is 4.34. The molecule has 0 aromatic heterocycles. The summed E-state index contributed by atoms with van der Waals surface area (Å²) in [6.45, 7) is 3.80. The highest BCUT2D eigenvalue weighted by Gasteiger charge is 2.35. The van der Waals surface area contributed by atoms with Gasteiger partial charge in [-0.15, -0.1) is 0 Å². The molecule has 1 nitrogen and oxygen atoms in total. The summed E-state index contributed by atoms with van der Waals surface area (Å²) in [5.74, 6) is -0.163. The minimum atomic E-state index is -0.163. The molecule has 1 fully saturated rings. The number of hydrogen-bond acceptors (Lipinski definition) is 1. The van der Waals surface area contributed by atoms with Crippen LogP contribution in [0.3, 0.4) is 0 Å². The smallest absolute Gasteiger partial charge is 0.123 e. The zero-order chi connectivity index (χ0) is 10.7. The van der Waals surface area contributed by atoms with Gasteiger partial charge in [0, 0.05) is 12.0 Å².